The summed E-state index contributed by atoms with van der Waals surface area (Å²) < 4.78 is 0. The molecule has 2 heteroatoms. The minimum atomic E-state index is -1.25. The number of aliphatic hydroxyl groups excluding tert-OH is 1. The van der Waals surface area contributed by atoms with Gasteiger partial charge < -0.3 is 10.2 Å². The van der Waals surface area contributed by atoms with E-state index in [0.717, 1.165) is 11.1 Å². The first-order valence-electron chi connectivity index (χ1n) is 6.13. The van der Waals surface area contributed by atoms with Crippen molar-refractivity contribution >= 4 is 0 Å². The first kappa shape index (κ1) is 12.8. The number of aliphatic hydroxyl groups is 2. The smallest absolute Gasteiger partial charge is 0.119 e. The van der Waals surface area contributed by atoms with Crippen molar-refractivity contribution in [2.75, 3.05) is 0 Å². The van der Waals surface area contributed by atoms with Crippen molar-refractivity contribution in [2.24, 2.45) is 0 Å². The van der Waals surface area contributed by atoms with Gasteiger partial charge in [0.05, 0.1) is 6.10 Å². The van der Waals surface area contributed by atoms with Gasteiger partial charge in [0, 0.05) is 6.42 Å². The van der Waals surface area contributed by atoms with Crippen molar-refractivity contribution in [3.8, 4) is 0 Å². The number of benzene rings is 2. The Morgan fingerprint density at radius 3 is 1.94 bits per heavy atom. The normalized spacial score (nSPS) is 15.9. The van der Waals surface area contributed by atoms with Gasteiger partial charge in [0.1, 0.15) is 5.60 Å². The molecule has 2 N–H and O–H groups in total. The van der Waals surface area contributed by atoms with Crippen LogP contribution in [0.2, 0.25) is 0 Å². The summed E-state index contributed by atoms with van der Waals surface area (Å²) >= 11 is 0. The van der Waals surface area contributed by atoms with Crippen LogP contribution in [0.1, 0.15) is 18.1 Å². The third-order valence-electron chi connectivity index (χ3n) is 3.28. The minimum absolute atomic E-state index is 0.398. The highest BCUT2D eigenvalue weighted by Crippen LogP contribution is 2.29. The lowest BCUT2D eigenvalue weighted by atomic mass is 9.83. The summed E-state index contributed by atoms with van der Waals surface area (Å²) in [5, 5.41) is 20.7. The van der Waals surface area contributed by atoms with Gasteiger partial charge in [-0.2, -0.15) is 0 Å². The van der Waals surface area contributed by atoms with Gasteiger partial charge in [0.25, 0.3) is 0 Å². The van der Waals surface area contributed by atoms with Crippen LogP contribution in [0.4, 0.5) is 0 Å². The molecule has 2 atom stereocenters. The molecule has 94 valence electrons. The second-order valence-electron chi connectivity index (χ2n) is 4.63. The summed E-state index contributed by atoms with van der Waals surface area (Å²) in [7, 11) is 0. The molecular weight excluding hydrogens is 224 g/mol. The van der Waals surface area contributed by atoms with E-state index in [2.05, 4.69) is 0 Å². The van der Waals surface area contributed by atoms with E-state index in [0.29, 0.717) is 6.42 Å². The molecule has 0 saturated heterocycles. The predicted octanol–water partition coefficient (Wildman–Crippen LogP) is 2.50. The summed E-state index contributed by atoms with van der Waals surface area (Å²) in [6.45, 7) is 1.62. The van der Waals surface area contributed by atoms with Crippen LogP contribution in [0, 0.1) is 0 Å². The summed E-state index contributed by atoms with van der Waals surface area (Å²) in [4.78, 5) is 0. The lowest BCUT2D eigenvalue weighted by Gasteiger charge is -2.31. The van der Waals surface area contributed by atoms with Gasteiger partial charge in [-0.3, -0.25) is 0 Å². The lowest BCUT2D eigenvalue weighted by Crippen LogP contribution is -2.39. The Kier molecular flexibility index (Phi) is 3.80. The highest BCUT2D eigenvalue weighted by Gasteiger charge is 2.34. The maximum Gasteiger partial charge on any atom is 0.119 e. The van der Waals surface area contributed by atoms with E-state index < -0.39 is 11.7 Å². The van der Waals surface area contributed by atoms with E-state index in [-0.39, 0.29) is 0 Å². The molecule has 2 nitrogen and oxygen atoms in total. The van der Waals surface area contributed by atoms with Crippen molar-refractivity contribution in [3.63, 3.8) is 0 Å². The Hall–Kier alpha value is -1.64. The maximum atomic E-state index is 10.8. The first-order chi connectivity index (χ1) is 8.63. The van der Waals surface area contributed by atoms with Crippen LogP contribution in [0.5, 0.6) is 0 Å². The van der Waals surface area contributed by atoms with Crippen molar-refractivity contribution in [2.45, 2.75) is 25.0 Å². The molecule has 0 aromatic heterocycles. The summed E-state index contributed by atoms with van der Waals surface area (Å²) in [5.74, 6) is 0. The maximum absolute atomic E-state index is 10.8. The van der Waals surface area contributed by atoms with Crippen molar-refractivity contribution in [3.05, 3.63) is 71.8 Å². The van der Waals surface area contributed by atoms with Gasteiger partial charge in [-0.15, -0.1) is 0 Å². The van der Waals surface area contributed by atoms with Gasteiger partial charge in [-0.05, 0) is 18.1 Å². The van der Waals surface area contributed by atoms with Crippen LogP contribution >= 0.6 is 0 Å². The largest absolute Gasteiger partial charge is 0.390 e. The Labute approximate surface area is 108 Å². The molecule has 0 spiro atoms. The Balaban J connectivity index is 2.34. The van der Waals surface area contributed by atoms with Crippen LogP contribution < -0.4 is 0 Å². The molecule has 0 amide bonds. The van der Waals surface area contributed by atoms with Crippen LogP contribution in [0.3, 0.4) is 0 Å². The molecule has 0 fully saturated rings. The van der Waals surface area contributed by atoms with Gasteiger partial charge in [-0.25, -0.2) is 0 Å². The Morgan fingerprint density at radius 2 is 1.44 bits per heavy atom. The molecule has 0 radical (unpaired) electrons. The summed E-state index contributed by atoms with van der Waals surface area (Å²) in [6.07, 6.45) is -0.435. The monoisotopic (exact) mass is 242 g/mol. The quantitative estimate of drug-likeness (QED) is 0.864. The molecule has 0 unspecified atom stereocenters. The molecule has 2 aromatic carbocycles. The van der Waals surface area contributed by atoms with Crippen molar-refractivity contribution in [1.82, 2.24) is 0 Å². The highest BCUT2D eigenvalue weighted by molar-refractivity contribution is 5.28. The van der Waals surface area contributed by atoms with Crippen LogP contribution in [-0.2, 0) is 12.0 Å². The van der Waals surface area contributed by atoms with E-state index in [9.17, 15) is 10.2 Å². The lowest BCUT2D eigenvalue weighted by molar-refractivity contribution is -0.0712. The zero-order chi connectivity index (χ0) is 13.0. The fraction of sp³-hybridized carbons (Fsp3) is 0.250. The fourth-order valence-corrected chi connectivity index (χ4v) is 2.12. The standard InChI is InChI=1S/C16H18O2/c1-13(17)16(18,15-10-6-3-7-11-15)12-14-8-4-2-5-9-14/h2-11,13,17-18H,12H2,1H3/t13-,16-/m0/s1. The molecule has 2 aromatic rings. The van der Waals surface area contributed by atoms with Crippen LogP contribution in [0.15, 0.2) is 60.7 Å². The second kappa shape index (κ2) is 5.34. The third kappa shape index (κ3) is 2.61. The predicted molar refractivity (Wildman–Crippen MR) is 72.2 cm³/mol. The highest BCUT2D eigenvalue weighted by atomic mass is 16.3. The molecule has 0 aliphatic rings. The zero-order valence-corrected chi connectivity index (χ0v) is 10.5. The molecular formula is C16H18O2. The molecule has 0 aliphatic carbocycles. The van der Waals surface area contributed by atoms with Crippen molar-refractivity contribution < 1.29 is 10.2 Å². The van der Waals surface area contributed by atoms with E-state index in [1.54, 1.807) is 6.92 Å². The molecule has 0 heterocycles. The van der Waals surface area contributed by atoms with Crippen LogP contribution in [0.25, 0.3) is 0 Å². The van der Waals surface area contributed by atoms with E-state index in [4.69, 9.17) is 0 Å². The van der Waals surface area contributed by atoms with Crippen molar-refractivity contribution in [1.29, 1.82) is 0 Å². The SMILES string of the molecule is C[C@H](O)[C@@](O)(Cc1ccccc1)c1ccccc1. The average molecular weight is 242 g/mol. The molecule has 2 rings (SSSR count). The number of hydrogen-bond donors (Lipinski definition) is 2. The zero-order valence-electron chi connectivity index (χ0n) is 10.5. The number of rotatable bonds is 4. The Morgan fingerprint density at radius 1 is 0.944 bits per heavy atom. The number of hydrogen-bond acceptors (Lipinski definition) is 2. The third-order valence-corrected chi connectivity index (χ3v) is 3.28. The fourth-order valence-electron chi connectivity index (χ4n) is 2.12. The molecule has 18 heavy (non-hydrogen) atoms. The second-order valence-corrected chi connectivity index (χ2v) is 4.63. The van der Waals surface area contributed by atoms with Gasteiger partial charge in [0.2, 0.25) is 0 Å². The topological polar surface area (TPSA) is 40.5 Å². The average Bonchev–Trinajstić information content (AvgIpc) is 2.40. The van der Waals surface area contributed by atoms with Gasteiger partial charge in [-0.1, -0.05) is 60.7 Å². The van der Waals surface area contributed by atoms with Gasteiger partial charge >= 0.3 is 0 Å². The van der Waals surface area contributed by atoms with Gasteiger partial charge in [0.15, 0.2) is 0 Å². The van der Waals surface area contributed by atoms with E-state index in [1.807, 2.05) is 60.7 Å². The van der Waals surface area contributed by atoms with E-state index in [1.165, 1.54) is 0 Å². The molecule has 0 bridgehead atoms. The summed E-state index contributed by atoms with van der Waals surface area (Å²) in [5.41, 5.74) is 0.497. The Bertz CT molecular complexity index is 479. The molecule has 0 aliphatic heterocycles. The summed E-state index contributed by atoms with van der Waals surface area (Å²) in [6, 6.07) is 19.0. The molecule has 0 saturated carbocycles. The minimum Gasteiger partial charge on any atom is -0.390 e. The first-order valence-corrected chi connectivity index (χ1v) is 6.13. The van der Waals surface area contributed by atoms with Crippen LogP contribution in [-0.4, -0.2) is 16.3 Å². The van der Waals surface area contributed by atoms with E-state index >= 15 is 0 Å².